The van der Waals surface area contributed by atoms with Crippen LogP contribution in [0.3, 0.4) is 0 Å². The van der Waals surface area contributed by atoms with Gasteiger partial charge < -0.3 is 24.6 Å². The lowest BCUT2D eigenvalue weighted by atomic mass is 10.0. The molecule has 3 N–H and O–H groups in total. The summed E-state index contributed by atoms with van der Waals surface area (Å²) in [5.74, 6) is -0.384. The number of hydrogen-bond donors (Lipinski definition) is 3. The fourth-order valence-electron chi connectivity index (χ4n) is 6.02. The first-order chi connectivity index (χ1) is 26.3. The van der Waals surface area contributed by atoms with Crippen LogP contribution in [0.5, 0.6) is 0 Å². The number of carbonyl (C=O) groups excluding carboxylic acids is 1. The molecule has 0 rings (SSSR count). The average molecular weight is 787 g/mol. The van der Waals surface area contributed by atoms with Crippen molar-refractivity contribution in [2.75, 3.05) is 33.0 Å². The second-order valence-electron chi connectivity index (χ2n) is 14.7. The number of ether oxygens (including phenoxy) is 2. The van der Waals surface area contributed by atoms with Gasteiger partial charge in [0, 0.05) is 13.0 Å². The van der Waals surface area contributed by atoms with Crippen molar-refractivity contribution in [2.24, 2.45) is 0 Å². The molecule has 54 heavy (non-hydrogen) atoms. The molecule has 0 spiro atoms. The van der Waals surface area contributed by atoms with Crippen molar-refractivity contribution in [3.05, 3.63) is 36.5 Å². The van der Waals surface area contributed by atoms with E-state index in [0.717, 1.165) is 64.2 Å². The number of allylic oxidation sites excluding steroid dienone is 6. The summed E-state index contributed by atoms with van der Waals surface area (Å²) in [7, 11) is -4.52. The van der Waals surface area contributed by atoms with Crippen LogP contribution in [0.4, 0.5) is 0 Å². The molecule has 0 saturated carbocycles. The quantitative estimate of drug-likeness (QED) is 0.0239. The van der Waals surface area contributed by atoms with Crippen LogP contribution in [-0.4, -0.2) is 66.3 Å². The highest BCUT2D eigenvalue weighted by Crippen LogP contribution is 2.43. The topological polar surface area (TPSA) is 132 Å². The van der Waals surface area contributed by atoms with Crippen molar-refractivity contribution in [1.82, 2.24) is 0 Å². The Morgan fingerprint density at radius 2 is 1.06 bits per heavy atom. The first-order valence-corrected chi connectivity index (χ1v) is 23.5. The molecule has 318 valence electrons. The summed E-state index contributed by atoms with van der Waals surface area (Å²) in [6.45, 7) is 3.41. The Bertz CT molecular complexity index is 939. The van der Waals surface area contributed by atoms with E-state index in [-0.39, 0.29) is 25.6 Å². The lowest BCUT2D eigenvalue weighted by Crippen LogP contribution is -2.29. The molecule has 0 aliphatic carbocycles. The average Bonchev–Trinajstić information content (AvgIpc) is 3.16. The van der Waals surface area contributed by atoms with Gasteiger partial charge >= 0.3 is 13.8 Å². The Hall–Kier alpha value is -1.32. The van der Waals surface area contributed by atoms with Crippen LogP contribution in [0.2, 0.25) is 0 Å². The number of esters is 1. The van der Waals surface area contributed by atoms with Gasteiger partial charge in [0.25, 0.3) is 0 Å². The van der Waals surface area contributed by atoms with Gasteiger partial charge in [0.05, 0.1) is 26.4 Å². The largest absolute Gasteiger partial charge is 0.472 e. The van der Waals surface area contributed by atoms with Gasteiger partial charge in [-0.2, -0.15) is 0 Å². The second-order valence-corrected chi connectivity index (χ2v) is 16.1. The van der Waals surface area contributed by atoms with Crippen molar-refractivity contribution in [3.63, 3.8) is 0 Å². The summed E-state index contributed by atoms with van der Waals surface area (Å²) < 4.78 is 33.4. The SMILES string of the molecule is CC/C=C\C/C=C\C/C=C\CCCCCCCCCCOCC(COP(=O)(O)OCC(O)CO)OC(=O)CCCCCCCCCCCCCCCCC. The maximum atomic E-state index is 12.6. The monoisotopic (exact) mass is 787 g/mol. The van der Waals surface area contributed by atoms with Gasteiger partial charge in [-0.15, -0.1) is 0 Å². The van der Waals surface area contributed by atoms with E-state index in [2.05, 4.69) is 50.3 Å². The predicted octanol–water partition coefficient (Wildman–Crippen LogP) is 12.0. The molecule has 0 saturated heterocycles. The first-order valence-electron chi connectivity index (χ1n) is 22.0. The van der Waals surface area contributed by atoms with Gasteiger partial charge in [0.2, 0.25) is 0 Å². The van der Waals surface area contributed by atoms with E-state index in [0.29, 0.717) is 6.61 Å². The van der Waals surface area contributed by atoms with Crippen molar-refractivity contribution in [2.45, 2.75) is 206 Å². The van der Waals surface area contributed by atoms with Crippen LogP contribution in [0.25, 0.3) is 0 Å². The maximum absolute atomic E-state index is 12.6. The summed E-state index contributed by atoms with van der Waals surface area (Å²) in [4.78, 5) is 22.6. The number of hydrogen-bond acceptors (Lipinski definition) is 8. The summed E-state index contributed by atoms with van der Waals surface area (Å²) in [6, 6.07) is 0. The second kappa shape index (κ2) is 41.3. The smallest absolute Gasteiger partial charge is 0.457 e. The summed E-state index contributed by atoms with van der Waals surface area (Å²) in [6.07, 6.45) is 43.8. The number of phosphoric ester groups is 1. The highest BCUT2D eigenvalue weighted by Gasteiger charge is 2.26. The minimum atomic E-state index is -4.52. The molecule has 10 heteroatoms. The minimum Gasteiger partial charge on any atom is -0.457 e. The minimum absolute atomic E-state index is 0.0465. The maximum Gasteiger partial charge on any atom is 0.472 e. The number of carbonyl (C=O) groups is 1. The third kappa shape index (κ3) is 40.3. The molecular formula is C44H83O9P. The van der Waals surface area contributed by atoms with E-state index in [1.807, 2.05) is 0 Å². The molecule has 0 aromatic carbocycles. The zero-order valence-corrected chi connectivity index (χ0v) is 35.6. The molecule has 0 fully saturated rings. The Labute approximate surface area is 331 Å². The highest BCUT2D eigenvalue weighted by molar-refractivity contribution is 7.47. The van der Waals surface area contributed by atoms with Crippen molar-refractivity contribution in [1.29, 1.82) is 0 Å². The predicted molar refractivity (Wildman–Crippen MR) is 224 cm³/mol. The summed E-state index contributed by atoms with van der Waals surface area (Å²) in [5.41, 5.74) is 0. The van der Waals surface area contributed by atoms with Gasteiger partial charge in [0.1, 0.15) is 12.2 Å². The van der Waals surface area contributed by atoms with E-state index in [4.69, 9.17) is 23.6 Å². The zero-order valence-electron chi connectivity index (χ0n) is 34.7. The molecule has 0 amide bonds. The normalized spacial score (nSPS) is 14.4. The van der Waals surface area contributed by atoms with Crippen LogP contribution in [-0.2, 0) is 27.9 Å². The van der Waals surface area contributed by atoms with Gasteiger partial charge in [0.15, 0.2) is 0 Å². The van der Waals surface area contributed by atoms with Crippen molar-refractivity contribution in [3.8, 4) is 0 Å². The third-order valence-corrected chi connectivity index (χ3v) is 10.3. The number of aliphatic hydroxyl groups is 2. The van der Waals surface area contributed by atoms with Crippen molar-refractivity contribution < 1.29 is 43.0 Å². The molecule has 0 aromatic heterocycles. The highest BCUT2D eigenvalue weighted by atomic mass is 31.2. The van der Waals surface area contributed by atoms with Gasteiger partial charge in [-0.25, -0.2) is 4.57 Å². The van der Waals surface area contributed by atoms with Crippen LogP contribution >= 0.6 is 7.82 Å². The van der Waals surface area contributed by atoms with Crippen LogP contribution < -0.4 is 0 Å². The van der Waals surface area contributed by atoms with Gasteiger partial charge in [-0.05, 0) is 44.9 Å². The molecule has 0 aromatic rings. The van der Waals surface area contributed by atoms with Crippen molar-refractivity contribution >= 4 is 13.8 Å². The first kappa shape index (κ1) is 52.7. The van der Waals surface area contributed by atoms with Crippen LogP contribution in [0.15, 0.2) is 36.5 Å². The summed E-state index contributed by atoms with van der Waals surface area (Å²) in [5, 5.41) is 18.3. The molecule has 3 atom stereocenters. The molecule has 0 heterocycles. The molecule has 0 bridgehead atoms. The fourth-order valence-corrected chi connectivity index (χ4v) is 6.81. The Morgan fingerprint density at radius 3 is 1.59 bits per heavy atom. The van der Waals surface area contributed by atoms with E-state index in [1.165, 1.54) is 109 Å². The fraction of sp³-hybridized carbons (Fsp3) is 0.841. The molecule has 0 aliphatic rings. The molecule has 9 nitrogen and oxygen atoms in total. The van der Waals surface area contributed by atoms with E-state index < -0.39 is 33.2 Å². The van der Waals surface area contributed by atoms with E-state index in [1.54, 1.807) is 0 Å². The molecule has 3 unspecified atom stereocenters. The molecule has 0 aliphatic heterocycles. The zero-order chi connectivity index (χ0) is 39.6. The van der Waals surface area contributed by atoms with E-state index >= 15 is 0 Å². The number of unbranched alkanes of at least 4 members (excludes halogenated alkanes) is 22. The Morgan fingerprint density at radius 1 is 0.593 bits per heavy atom. The van der Waals surface area contributed by atoms with Crippen LogP contribution in [0.1, 0.15) is 194 Å². The van der Waals surface area contributed by atoms with Gasteiger partial charge in [-0.1, -0.05) is 179 Å². The Kier molecular flexibility index (Phi) is 40.3. The standard InChI is InChI=1S/C44H83O9P/c1-3-5-7-9-11-13-15-17-19-20-21-23-25-27-29-31-33-35-37-50-40-43(41-52-54(48,49)51-39-42(46)38-45)53-44(47)36-34-32-30-28-26-24-22-18-16-14-12-10-8-6-4-2/h5,7,11,13,17,19,42-43,45-46H,3-4,6,8-10,12,14-16,18,20-41H2,1-2H3,(H,48,49)/b7-5-,13-11-,19-17-. The van der Waals surface area contributed by atoms with E-state index in [9.17, 15) is 19.4 Å². The lowest BCUT2D eigenvalue weighted by molar-refractivity contribution is -0.154. The number of rotatable bonds is 42. The molecule has 0 radical (unpaired) electrons. The van der Waals surface area contributed by atoms with Crippen LogP contribution in [0, 0.1) is 0 Å². The van der Waals surface area contributed by atoms with Gasteiger partial charge in [-0.3, -0.25) is 13.8 Å². The number of aliphatic hydroxyl groups excluding tert-OH is 2. The number of phosphoric acid groups is 1. The molecular weight excluding hydrogens is 703 g/mol. The summed E-state index contributed by atoms with van der Waals surface area (Å²) >= 11 is 0. The Balaban J connectivity index is 4.15. The lowest BCUT2D eigenvalue weighted by Gasteiger charge is -2.20. The third-order valence-electron chi connectivity index (χ3n) is 9.34.